The maximum absolute atomic E-state index is 12.8. The topological polar surface area (TPSA) is 73.2 Å². The molecule has 0 aliphatic heterocycles. The smallest absolute Gasteiger partial charge is 0.257 e. The first-order chi connectivity index (χ1) is 15.6. The molecule has 0 saturated heterocycles. The predicted octanol–water partition coefficient (Wildman–Crippen LogP) is 4.31. The van der Waals surface area contributed by atoms with E-state index < -0.39 is 0 Å². The van der Waals surface area contributed by atoms with Crippen LogP contribution in [0.15, 0.2) is 78.9 Å². The molecule has 1 heterocycles. The number of aromatic nitrogens is 2. The molecule has 1 amide bonds. The lowest BCUT2D eigenvalue weighted by molar-refractivity contribution is -0.123. The molecule has 4 aromatic rings. The number of halogens is 1. The highest BCUT2D eigenvalue weighted by atomic mass is 35.5. The Hall–Kier alpha value is -3.64. The van der Waals surface area contributed by atoms with Gasteiger partial charge in [0.2, 0.25) is 0 Å². The van der Waals surface area contributed by atoms with E-state index in [1.807, 2.05) is 47.0 Å². The molecular weight excluding hydrogens is 426 g/mol. The van der Waals surface area contributed by atoms with Crippen LogP contribution in [-0.4, -0.2) is 34.4 Å². The second-order valence-electron chi connectivity index (χ2n) is 7.23. The van der Waals surface area contributed by atoms with E-state index in [1.165, 1.54) is 0 Å². The zero-order valence-electron chi connectivity index (χ0n) is 17.3. The van der Waals surface area contributed by atoms with E-state index in [0.29, 0.717) is 29.3 Å². The molecule has 162 valence electrons. The number of carbonyl (C=O) groups excluding carboxylic acids is 2. The van der Waals surface area contributed by atoms with Gasteiger partial charge in [-0.3, -0.25) is 9.59 Å². The molecule has 4 rings (SSSR count). The molecule has 0 atom stereocenters. The summed E-state index contributed by atoms with van der Waals surface area (Å²) >= 11 is 5.93. The van der Waals surface area contributed by atoms with Crippen molar-refractivity contribution < 1.29 is 14.3 Å². The fraction of sp³-hybridized carbons (Fsp3) is 0.160. The minimum Gasteiger partial charge on any atom is -0.484 e. The molecule has 1 N–H and O–H groups in total. The fourth-order valence-electron chi connectivity index (χ4n) is 3.39. The fourth-order valence-corrected chi connectivity index (χ4v) is 3.52. The van der Waals surface area contributed by atoms with Crippen molar-refractivity contribution in [3.63, 3.8) is 0 Å². The average Bonchev–Trinajstić information content (AvgIpc) is 3.16. The van der Waals surface area contributed by atoms with Crippen LogP contribution >= 0.6 is 11.6 Å². The SMILES string of the molecule is O=C(COc1ccccc1)NCCc1nc2ccccc2n1CC(=O)c1ccc(Cl)cc1. The molecule has 0 aliphatic rings. The molecule has 0 saturated carbocycles. The Morgan fingerprint density at radius 1 is 0.938 bits per heavy atom. The maximum Gasteiger partial charge on any atom is 0.257 e. The number of ketones is 1. The lowest BCUT2D eigenvalue weighted by Crippen LogP contribution is -2.31. The van der Waals surface area contributed by atoms with Crippen LogP contribution in [-0.2, 0) is 17.8 Å². The van der Waals surface area contributed by atoms with E-state index in [1.54, 1.807) is 36.4 Å². The van der Waals surface area contributed by atoms with Gasteiger partial charge in [0.25, 0.3) is 5.91 Å². The van der Waals surface area contributed by atoms with E-state index in [2.05, 4.69) is 10.3 Å². The number of para-hydroxylation sites is 3. The highest BCUT2D eigenvalue weighted by molar-refractivity contribution is 6.30. The van der Waals surface area contributed by atoms with Crippen molar-refractivity contribution in [2.45, 2.75) is 13.0 Å². The van der Waals surface area contributed by atoms with Gasteiger partial charge in [0.05, 0.1) is 17.6 Å². The number of amides is 1. The summed E-state index contributed by atoms with van der Waals surface area (Å²) in [6.45, 7) is 0.480. The van der Waals surface area contributed by atoms with Crippen molar-refractivity contribution in [1.29, 1.82) is 0 Å². The van der Waals surface area contributed by atoms with Crippen LogP contribution in [0.3, 0.4) is 0 Å². The molecule has 32 heavy (non-hydrogen) atoms. The molecule has 0 bridgehead atoms. The summed E-state index contributed by atoms with van der Waals surface area (Å²) in [5, 5.41) is 3.43. The van der Waals surface area contributed by atoms with Crippen molar-refractivity contribution in [2.75, 3.05) is 13.2 Å². The molecule has 0 unspecified atom stereocenters. The molecular formula is C25H22ClN3O3. The summed E-state index contributed by atoms with van der Waals surface area (Å²) in [5.74, 6) is 1.13. The standard InChI is InChI=1S/C25H22ClN3O3/c26-19-12-10-18(11-13-19)23(30)16-29-22-9-5-4-8-21(22)28-24(29)14-15-27-25(31)17-32-20-6-2-1-3-7-20/h1-13H,14-17H2,(H,27,31). The second-order valence-corrected chi connectivity index (χ2v) is 7.67. The van der Waals surface area contributed by atoms with Crippen LogP contribution in [0.1, 0.15) is 16.2 Å². The number of hydrogen-bond acceptors (Lipinski definition) is 4. The van der Waals surface area contributed by atoms with Crippen molar-refractivity contribution in [3.8, 4) is 5.75 Å². The van der Waals surface area contributed by atoms with Crippen molar-refractivity contribution in [1.82, 2.24) is 14.9 Å². The summed E-state index contributed by atoms with van der Waals surface area (Å²) in [7, 11) is 0. The number of rotatable bonds is 9. The number of nitrogens with one attached hydrogen (secondary N) is 1. The van der Waals surface area contributed by atoms with Crippen LogP contribution in [0.25, 0.3) is 11.0 Å². The number of nitrogens with zero attached hydrogens (tertiary/aromatic N) is 2. The highest BCUT2D eigenvalue weighted by Crippen LogP contribution is 2.18. The Kier molecular flexibility index (Phi) is 6.82. The third kappa shape index (κ3) is 5.34. The number of fused-ring (bicyclic) bond motifs is 1. The molecule has 0 fully saturated rings. The third-order valence-electron chi connectivity index (χ3n) is 4.99. The van der Waals surface area contributed by atoms with E-state index in [-0.39, 0.29) is 24.8 Å². The zero-order chi connectivity index (χ0) is 22.3. The van der Waals surface area contributed by atoms with Gasteiger partial charge in [0, 0.05) is 23.6 Å². The van der Waals surface area contributed by atoms with Gasteiger partial charge in [0.15, 0.2) is 12.4 Å². The van der Waals surface area contributed by atoms with Crippen LogP contribution in [0.4, 0.5) is 0 Å². The number of Topliss-reactive ketones (excluding diaryl/α,β-unsaturated/α-hetero) is 1. The molecule has 0 spiro atoms. The summed E-state index contributed by atoms with van der Waals surface area (Å²) in [6.07, 6.45) is 0.486. The molecule has 7 heteroatoms. The van der Waals surface area contributed by atoms with Crippen molar-refractivity contribution >= 4 is 34.3 Å². The summed E-state index contributed by atoms with van der Waals surface area (Å²) in [5.41, 5.74) is 2.28. The highest BCUT2D eigenvalue weighted by Gasteiger charge is 2.15. The number of imidazole rings is 1. The average molecular weight is 448 g/mol. The second kappa shape index (κ2) is 10.1. The Morgan fingerprint density at radius 3 is 2.44 bits per heavy atom. The number of benzene rings is 3. The van der Waals surface area contributed by atoms with Gasteiger partial charge >= 0.3 is 0 Å². The monoisotopic (exact) mass is 447 g/mol. The zero-order valence-corrected chi connectivity index (χ0v) is 18.1. The van der Waals surface area contributed by atoms with Gasteiger partial charge in [-0.25, -0.2) is 4.98 Å². The summed E-state index contributed by atoms with van der Waals surface area (Å²) in [4.78, 5) is 29.6. The van der Waals surface area contributed by atoms with Crippen molar-refractivity contribution in [3.05, 3.63) is 95.3 Å². The van der Waals surface area contributed by atoms with Crippen LogP contribution in [0, 0.1) is 0 Å². The summed E-state index contributed by atoms with van der Waals surface area (Å²) < 4.78 is 7.37. The van der Waals surface area contributed by atoms with Gasteiger partial charge in [-0.1, -0.05) is 41.9 Å². The van der Waals surface area contributed by atoms with E-state index in [4.69, 9.17) is 16.3 Å². The molecule has 1 aromatic heterocycles. The van der Waals surface area contributed by atoms with Crippen LogP contribution in [0.5, 0.6) is 5.75 Å². The van der Waals surface area contributed by atoms with E-state index in [0.717, 1.165) is 16.9 Å². The number of hydrogen-bond donors (Lipinski definition) is 1. The largest absolute Gasteiger partial charge is 0.484 e. The van der Waals surface area contributed by atoms with E-state index in [9.17, 15) is 9.59 Å². The quantitative estimate of drug-likeness (QED) is 0.388. The number of carbonyl (C=O) groups is 2. The van der Waals surface area contributed by atoms with Crippen molar-refractivity contribution in [2.24, 2.45) is 0 Å². The van der Waals surface area contributed by atoms with E-state index >= 15 is 0 Å². The van der Waals surface area contributed by atoms with Gasteiger partial charge in [-0.2, -0.15) is 0 Å². The minimum absolute atomic E-state index is 0.0358. The molecule has 6 nitrogen and oxygen atoms in total. The summed E-state index contributed by atoms with van der Waals surface area (Å²) in [6, 6.07) is 23.7. The van der Waals surface area contributed by atoms with Crippen LogP contribution in [0.2, 0.25) is 5.02 Å². The minimum atomic E-state index is -0.214. The molecule has 0 radical (unpaired) electrons. The first-order valence-corrected chi connectivity index (χ1v) is 10.7. The lowest BCUT2D eigenvalue weighted by Gasteiger charge is -2.10. The first-order valence-electron chi connectivity index (χ1n) is 10.3. The lowest BCUT2D eigenvalue weighted by atomic mass is 10.1. The normalized spacial score (nSPS) is 10.8. The Balaban J connectivity index is 1.41. The van der Waals surface area contributed by atoms with Gasteiger partial charge in [-0.15, -0.1) is 0 Å². The Bertz CT molecular complexity index is 1220. The Labute approximate surface area is 190 Å². The van der Waals surface area contributed by atoms with Gasteiger partial charge < -0.3 is 14.6 Å². The predicted molar refractivity (Wildman–Crippen MR) is 124 cm³/mol. The molecule has 0 aliphatic carbocycles. The van der Waals surface area contributed by atoms with Gasteiger partial charge in [-0.05, 0) is 48.5 Å². The molecule has 3 aromatic carbocycles. The number of ether oxygens (including phenoxy) is 1. The Morgan fingerprint density at radius 2 is 1.66 bits per heavy atom. The maximum atomic E-state index is 12.8. The third-order valence-corrected chi connectivity index (χ3v) is 5.24. The van der Waals surface area contributed by atoms with Crippen LogP contribution < -0.4 is 10.1 Å². The van der Waals surface area contributed by atoms with Gasteiger partial charge in [0.1, 0.15) is 11.6 Å². The first kappa shape index (κ1) is 21.6.